The topological polar surface area (TPSA) is 119 Å². The second-order valence-corrected chi connectivity index (χ2v) is 10.7. The summed E-state index contributed by atoms with van der Waals surface area (Å²) >= 11 is 1.14. The van der Waals surface area contributed by atoms with Crippen LogP contribution in [0.5, 0.6) is 0 Å². The molecule has 5 rings (SSSR count). The number of imide groups is 1. The molecule has 0 fully saturated rings. The average molecular weight is 597 g/mol. The van der Waals surface area contributed by atoms with Crippen LogP contribution in [0.25, 0.3) is 11.1 Å². The van der Waals surface area contributed by atoms with E-state index in [9.17, 15) is 24.0 Å². The van der Waals surface area contributed by atoms with Gasteiger partial charge >= 0.3 is 11.9 Å². The van der Waals surface area contributed by atoms with Crippen LogP contribution in [0, 0.1) is 6.92 Å². The zero-order valence-corrected chi connectivity index (χ0v) is 24.3. The Hall–Kier alpha value is -5.09. The molecule has 2 heterocycles. The summed E-state index contributed by atoms with van der Waals surface area (Å²) in [4.78, 5) is 66.5. The normalized spacial score (nSPS) is 12.9. The van der Waals surface area contributed by atoms with Gasteiger partial charge in [-0.25, -0.2) is 9.59 Å². The first-order chi connectivity index (χ1) is 20.8. The fourth-order valence-corrected chi connectivity index (χ4v) is 5.78. The first-order valence-corrected chi connectivity index (χ1v) is 14.5. The summed E-state index contributed by atoms with van der Waals surface area (Å²) in [6, 6.07) is 21.5. The van der Waals surface area contributed by atoms with Crippen molar-refractivity contribution in [2.75, 3.05) is 18.5 Å². The van der Waals surface area contributed by atoms with Crippen LogP contribution in [0.2, 0.25) is 0 Å². The lowest BCUT2D eigenvalue weighted by molar-refractivity contribution is -0.151. The summed E-state index contributed by atoms with van der Waals surface area (Å²) in [6.45, 7) is 3.09. The molecule has 9 nitrogen and oxygen atoms in total. The maximum absolute atomic E-state index is 13.4. The number of hydrogen-bond acceptors (Lipinski definition) is 8. The number of fused-ring (bicyclic) bond motifs is 1. The standard InChI is InChI=1S/C33H28N2O7S/c1-3-41-33(40)28-25(22-15-13-20(2)14-16-22)19-43-29(28)34-27(36)18-42-32(39)26(17-21-9-5-4-6-10-21)35-30(37)23-11-7-8-12-24(23)31(35)38/h4-16,19,26H,3,17-18H2,1-2H3,(H,34,36)/t26-/m0/s1. The predicted octanol–water partition coefficient (Wildman–Crippen LogP) is 5.29. The van der Waals surface area contributed by atoms with E-state index in [1.165, 1.54) is 12.1 Å². The van der Waals surface area contributed by atoms with E-state index in [0.717, 1.165) is 27.4 Å². The van der Waals surface area contributed by atoms with Crippen molar-refractivity contribution in [1.82, 2.24) is 4.90 Å². The molecule has 1 aliphatic heterocycles. The Morgan fingerprint density at radius 3 is 2.09 bits per heavy atom. The van der Waals surface area contributed by atoms with E-state index in [1.54, 1.807) is 48.7 Å². The lowest BCUT2D eigenvalue weighted by Gasteiger charge is -2.24. The van der Waals surface area contributed by atoms with Gasteiger partial charge in [-0.3, -0.25) is 19.3 Å². The summed E-state index contributed by atoms with van der Waals surface area (Å²) in [5.41, 5.74) is 3.73. The van der Waals surface area contributed by atoms with E-state index in [4.69, 9.17) is 9.47 Å². The molecule has 3 aromatic carbocycles. The Kier molecular flexibility index (Phi) is 8.77. The molecule has 0 saturated carbocycles. The number of esters is 2. The van der Waals surface area contributed by atoms with Gasteiger partial charge in [-0.15, -0.1) is 11.3 Å². The average Bonchev–Trinajstić information content (AvgIpc) is 3.54. The Labute approximate surface area is 252 Å². The van der Waals surface area contributed by atoms with E-state index < -0.39 is 42.3 Å². The van der Waals surface area contributed by atoms with E-state index in [1.807, 2.05) is 37.3 Å². The van der Waals surface area contributed by atoms with E-state index in [0.29, 0.717) is 11.1 Å². The summed E-state index contributed by atoms with van der Waals surface area (Å²) in [7, 11) is 0. The largest absolute Gasteiger partial charge is 0.462 e. The van der Waals surface area contributed by atoms with Crippen LogP contribution in [0.3, 0.4) is 0 Å². The van der Waals surface area contributed by atoms with Crippen molar-refractivity contribution in [1.29, 1.82) is 0 Å². The highest BCUT2D eigenvalue weighted by molar-refractivity contribution is 7.15. The molecule has 10 heteroatoms. The van der Waals surface area contributed by atoms with Crippen molar-refractivity contribution < 1.29 is 33.4 Å². The maximum Gasteiger partial charge on any atom is 0.341 e. The van der Waals surface area contributed by atoms with Gasteiger partial charge in [0.05, 0.1) is 17.7 Å². The van der Waals surface area contributed by atoms with Crippen molar-refractivity contribution in [3.63, 3.8) is 0 Å². The fraction of sp³-hybridized carbons (Fsp3) is 0.182. The van der Waals surface area contributed by atoms with Crippen LogP contribution in [-0.2, 0) is 25.5 Å². The summed E-state index contributed by atoms with van der Waals surface area (Å²) < 4.78 is 10.6. The molecule has 4 aromatic rings. The van der Waals surface area contributed by atoms with Gasteiger partial charge in [0, 0.05) is 17.4 Å². The van der Waals surface area contributed by atoms with Crippen LogP contribution >= 0.6 is 11.3 Å². The van der Waals surface area contributed by atoms with Crippen LogP contribution in [0.4, 0.5) is 5.00 Å². The van der Waals surface area contributed by atoms with Gasteiger partial charge in [0.25, 0.3) is 17.7 Å². The van der Waals surface area contributed by atoms with Crippen LogP contribution in [0.15, 0.2) is 84.2 Å². The number of nitrogens with one attached hydrogen (secondary N) is 1. The number of aryl methyl sites for hydroxylation is 1. The van der Waals surface area contributed by atoms with Crippen molar-refractivity contribution in [3.8, 4) is 11.1 Å². The molecule has 43 heavy (non-hydrogen) atoms. The van der Waals surface area contributed by atoms with Crippen molar-refractivity contribution in [2.24, 2.45) is 0 Å². The van der Waals surface area contributed by atoms with Crippen LogP contribution < -0.4 is 5.32 Å². The van der Waals surface area contributed by atoms with Gasteiger partial charge in [0.1, 0.15) is 16.6 Å². The number of benzene rings is 3. The van der Waals surface area contributed by atoms with Gasteiger partial charge in [0.2, 0.25) is 0 Å². The number of hydrogen-bond donors (Lipinski definition) is 1. The zero-order chi connectivity index (χ0) is 30.5. The number of ether oxygens (including phenoxy) is 2. The van der Waals surface area contributed by atoms with E-state index in [2.05, 4.69) is 5.32 Å². The molecule has 218 valence electrons. The van der Waals surface area contributed by atoms with Gasteiger partial charge in [-0.1, -0.05) is 72.3 Å². The van der Waals surface area contributed by atoms with Crippen molar-refractivity contribution in [2.45, 2.75) is 26.3 Å². The first-order valence-electron chi connectivity index (χ1n) is 13.6. The minimum atomic E-state index is -1.30. The smallest absolute Gasteiger partial charge is 0.341 e. The Morgan fingerprint density at radius 2 is 1.47 bits per heavy atom. The molecular weight excluding hydrogens is 568 g/mol. The molecule has 3 amide bonds. The highest BCUT2D eigenvalue weighted by Crippen LogP contribution is 2.36. The van der Waals surface area contributed by atoms with Crippen molar-refractivity contribution >= 4 is 46.0 Å². The van der Waals surface area contributed by atoms with Gasteiger partial charge in [-0.2, -0.15) is 0 Å². The minimum Gasteiger partial charge on any atom is -0.462 e. The lowest BCUT2D eigenvalue weighted by Crippen LogP contribution is -2.47. The van der Waals surface area contributed by atoms with Crippen LogP contribution in [0.1, 0.15) is 49.1 Å². The Morgan fingerprint density at radius 1 is 0.837 bits per heavy atom. The number of nitrogens with zero attached hydrogens (tertiary/aromatic N) is 1. The fourth-order valence-electron chi connectivity index (χ4n) is 4.81. The molecule has 0 unspecified atom stereocenters. The predicted molar refractivity (Wildman–Crippen MR) is 161 cm³/mol. The Balaban J connectivity index is 1.34. The maximum atomic E-state index is 13.4. The molecule has 0 saturated heterocycles. The second-order valence-electron chi connectivity index (χ2n) is 9.83. The molecule has 1 N–H and O–H groups in total. The van der Waals surface area contributed by atoms with E-state index >= 15 is 0 Å². The summed E-state index contributed by atoms with van der Waals surface area (Å²) in [5, 5.41) is 4.64. The quantitative estimate of drug-likeness (QED) is 0.195. The molecule has 0 radical (unpaired) electrons. The highest BCUT2D eigenvalue weighted by atomic mass is 32.1. The third kappa shape index (κ3) is 6.24. The number of anilines is 1. The number of thiophene rings is 1. The molecule has 0 bridgehead atoms. The summed E-state index contributed by atoms with van der Waals surface area (Å²) in [5.74, 6) is -3.42. The first kappa shape index (κ1) is 29.4. The SMILES string of the molecule is CCOC(=O)c1c(-c2ccc(C)cc2)csc1NC(=O)COC(=O)[C@H](Cc1ccccc1)N1C(=O)c2ccccc2C1=O. The van der Waals surface area contributed by atoms with Gasteiger partial charge in [0.15, 0.2) is 6.61 Å². The van der Waals surface area contributed by atoms with Gasteiger partial charge in [-0.05, 0) is 37.1 Å². The molecule has 1 atom stereocenters. The Bertz CT molecular complexity index is 1660. The summed E-state index contributed by atoms with van der Waals surface area (Å²) in [6.07, 6.45) is 0.00457. The number of amides is 3. The number of carbonyl (C=O) groups is 5. The molecule has 1 aromatic heterocycles. The lowest BCUT2D eigenvalue weighted by atomic mass is 10.0. The number of carbonyl (C=O) groups excluding carboxylic acids is 5. The third-order valence-corrected chi connectivity index (χ3v) is 7.81. The minimum absolute atomic E-state index is 0.00457. The van der Waals surface area contributed by atoms with E-state index in [-0.39, 0.29) is 34.7 Å². The monoisotopic (exact) mass is 596 g/mol. The van der Waals surface area contributed by atoms with Crippen molar-refractivity contribution in [3.05, 3.63) is 112 Å². The molecule has 1 aliphatic rings. The number of rotatable bonds is 10. The zero-order valence-electron chi connectivity index (χ0n) is 23.5. The second kappa shape index (κ2) is 12.8. The highest BCUT2D eigenvalue weighted by Gasteiger charge is 2.43. The van der Waals surface area contributed by atoms with Gasteiger partial charge < -0.3 is 14.8 Å². The molecule has 0 aliphatic carbocycles. The molecule has 0 spiro atoms. The van der Waals surface area contributed by atoms with Crippen LogP contribution in [-0.4, -0.2) is 53.8 Å². The molecular formula is C33H28N2O7S. The third-order valence-electron chi connectivity index (χ3n) is 6.91.